The molecule has 6 heteroatoms. The number of aromatic nitrogens is 2. The van der Waals surface area contributed by atoms with E-state index in [0.717, 1.165) is 16.9 Å². The summed E-state index contributed by atoms with van der Waals surface area (Å²) in [5.74, 6) is 0.972. The fourth-order valence-electron chi connectivity index (χ4n) is 3.60. The Morgan fingerprint density at radius 3 is 2.61 bits per heavy atom. The maximum Gasteiger partial charge on any atom is 0.247 e. The lowest BCUT2D eigenvalue weighted by Crippen LogP contribution is -2.25. The summed E-state index contributed by atoms with van der Waals surface area (Å²) < 4.78 is 10.8. The molecule has 0 atom stereocenters. The van der Waals surface area contributed by atoms with Crippen LogP contribution in [0.3, 0.4) is 0 Å². The average molecular weight is 375 g/mol. The van der Waals surface area contributed by atoms with Crippen molar-refractivity contribution in [2.75, 3.05) is 18.6 Å². The second-order valence-electron chi connectivity index (χ2n) is 7.25. The summed E-state index contributed by atoms with van der Waals surface area (Å²) in [5.41, 5.74) is 3.88. The van der Waals surface area contributed by atoms with Gasteiger partial charge in [-0.15, -0.1) is 10.2 Å². The molecule has 0 spiro atoms. The Morgan fingerprint density at radius 2 is 1.93 bits per heavy atom. The normalized spacial score (nSPS) is 16.2. The Morgan fingerprint density at radius 1 is 1.18 bits per heavy atom. The zero-order chi connectivity index (χ0) is 19.7. The maximum atomic E-state index is 12.5. The standard InChI is InChI=1S/C22H21N3O3/c1-22(2)18-6-4-5-7-19(18)25(3)20(22)12-16(26)13-27-17-10-8-15(9-11-17)21-24-23-14-28-21/h4-12,14H,13H2,1-3H3/b20-12-. The molecule has 0 unspecified atom stereocenters. The molecule has 6 nitrogen and oxygen atoms in total. The molecule has 2 heterocycles. The van der Waals surface area contributed by atoms with Gasteiger partial charge in [0.25, 0.3) is 0 Å². The van der Waals surface area contributed by atoms with Crippen LogP contribution < -0.4 is 9.64 Å². The second-order valence-corrected chi connectivity index (χ2v) is 7.25. The van der Waals surface area contributed by atoms with E-state index in [1.807, 2.05) is 31.3 Å². The van der Waals surface area contributed by atoms with Gasteiger partial charge in [0.1, 0.15) is 5.75 Å². The smallest absolute Gasteiger partial charge is 0.247 e. The molecule has 142 valence electrons. The van der Waals surface area contributed by atoms with Gasteiger partial charge in [0.2, 0.25) is 12.3 Å². The predicted octanol–water partition coefficient (Wildman–Crippen LogP) is 4.00. The molecule has 0 N–H and O–H groups in total. The highest BCUT2D eigenvalue weighted by molar-refractivity contribution is 5.93. The van der Waals surface area contributed by atoms with Gasteiger partial charge in [0, 0.05) is 35.5 Å². The molecule has 1 aliphatic rings. The lowest BCUT2D eigenvalue weighted by Gasteiger charge is -2.23. The summed E-state index contributed by atoms with van der Waals surface area (Å²) in [4.78, 5) is 14.6. The third kappa shape index (κ3) is 3.17. The van der Waals surface area contributed by atoms with Gasteiger partial charge in [0.05, 0.1) is 0 Å². The number of ether oxygens (including phenoxy) is 1. The summed E-state index contributed by atoms with van der Waals surface area (Å²) in [6.45, 7) is 4.24. The predicted molar refractivity (Wildman–Crippen MR) is 106 cm³/mol. The highest BCUT2D eigenvalue weighted by atomic mass is 16.5. The van der Waals surface area contributed by atoms with E-state index in [1.54, 1.807) is 18.2 Å². The van der Waals surface area contributed by atoms with Crippen LogP contribution in [-0.4, -0.2) is 29.6 Å². The Balaban J connectivity index is 1.45. The molecule has 0 amide bonds. The number of nitrogens with zero attached hydrogens (tertiary/aromatic N) is 3. The van der Waals surface area contributed by atoms with Crippen LogP contribution in [0.1, 0.15) is 19.4 Å². The number of hydrogen-bond acceptors (Lipinski definition) is 6. The fourth-order valence-corrected chi connectivity index (χ4v) is 3.60. The zero-order valence-electron chi connectivity index (χ0n) is 16.0. The summed E-state index contributed by atoms with van der Waals surface area (Å²) in [6.07, 6.45) is 2.97. The minimum absolute atomic E-state index is 0.0241. The van der Waals surface area contributed by atoms with Crippen molar-refractivity contribution in [3.63, 3.8) is 0 Å². The first-order chi connectivity index (χ1) is 13.5. The highest BCUT2D eigenvalue weighted by Crippen LogP contribution is 2.46. The SMILES string of the molecule is CN1/C(=C\C(=O)COc2ccc(-c3nnco3)cc2)C(C)(C)c2ccccc21. The van der Waals surface area contributed by atoms with E-state index < -0.39 is 0 Å². The number of carbonyl (C=O) groups excluding carboxylic acids is 1. The second kappa shape index (κ2) is 6.96. The molecule has 0 saturated heterocycles. The lowest BCUT2D eigenvalue weighted by molar-refractivity contribution is -0.116. The third-order valence-corrected chi connectivity index (χ3v) is 5.08. The van der Waals surface area contributed by atoms with Crippen molar-refractivity contribution in [3.05, 3.63) is 72.3 Å². The van der Waals surface area contributed by atoms with Gasteiger partial charge in [-0.2, -0.15) is 0 Å². The van der Waals surface area contributed by atoms with Crippen molar-refractivity contribution in [2.45, 2.75) is 19.3 Å². The van der Waals surface area contributed by atoms with Crippen molar-refractivity contribution < 1.29 is 13.9 Å². The summed E-state index contributed by atoms with van der Waals surface area (Å²) in [5, 5.41) is 7.52. The Bertz CT molecular complexity index is 1020. The van der Waals surface area contributed by atoms with Crippen LogP contribution >= 0.6 is 0 Å². The molecule has 1 aromatic heterocycles. The summed E-state index contributed by atoms with van der Waals surface area (Å²) >= 11 is 0. The molecule has 0 bridgehead atoms. The van der Waals surface area contributed by atoms with Crippen LogP contribution in [0.2, 0.25) is 0 Å². The zero-order valence-corrected chi connectivity index (χ0v) is 16.0. The first kappa shape index (κ1) is 18.0. The van der Waals surface area contributed by atoms with Gasteiger partial charge in [-0.1, -0.05) is 32.0 Å². The van der Waals surface area contributed by atoms with E-state index >= 15 is 0 Å². The van der Waals surface area contributed by atoms with Crippen LogP contribution in [0.15, 0.2) is 71.1 Å². The minimum atomic E-state index is -0.229. The van der Waals surface area contributed by atoms with Crippen LogP contribution in [-0.2, 0) is 10.2 Å². The molecule has 0 aliphatic carbocycles. The number of likely N-dealkylation sites (N-methyl/N-ethyl adjacent to an activating group) is 1. The molecular weight excluding hydrogens is 354 g/mol. The number of hydrogen-bond donors (Lipinski definition) is 0. The van der Waals surface area contributed by atoms with Crippen LogP contribution in [0.4, 0.5) is 5.69 Å². The van der Waals surface area contributed by atoms with Gasteiger partial charge < -0.3 is 14.1 Å². The summed E-state index contributed by atoms with van der Waals surface area (Å²) in [7, 11) is 1.99. The van der Waals surface area contributed by atoms with Crippen molar-refractivity contribution in [2.24, 2.45) is 0 Å². The van der Waals surface area contributed by atoms with Crippen molar-refractivity contribution >= 4 is 11.5 Å². The van der Waals surface area contributed by atoms with Gasteiger partial charge >= 0.3 is 0 Å². The third-order valence-electron chi connectivity index (χ3n) is 5.08. The monoisotopic (exact) mass is 375 g/mol. The first-order valence-electron chi connectivity index (χ1n) is 9.04. The number of allylic oxidation sites excluding steroid dienone is 1. The first-order valence-corrected chi connectivity index (χ1v) is 9.04. The molecular formula is C22H21N3O3. The topological polar surface area (TPSA) is 68.5 Å². The molecule has 0 radical (unpaired) electrons. The molecule has 0 saturated carbocycles. The van der Waals surface area contributed by atoms with E-state index in [4.69, 9.17) is 9.15 Å². The van der Waals surface area contributed by atoms with Crippen LogP contribution in [0, 0.1) is 0 Å². The molecule has 0 fully saturated rings. The van der Waals surface area contributed by atoms with E-state index in [0.29, 0.717) is 11.6 Å². The summed E-state index contributed by atoms with van der Waals surface area (Å²) in [6, 6.07) is 15.4. The van der Waals surface area contributed by atoms with E-state index in [9.17, 15) is 4.79 Å². The number of fused-ring (bicyclic) bond motifs is 1. The molecule has 4 rings (SSSR count). The molecule has 1 aliphatic heterocycles. The lowest BCUT2D eigenvalue weighted by atomic mass is 9.83. The highest BCUT2D eigenvalue weighted by Gasteiger charge is 2.38. The van der Waals surface area contributed by atoms with E-state index in [2.05, 4.69) is 41.1 Å². The van der Waals surface area contributed by atoms with Crippen molar-refractivity contribution in [1.82, 2.24) is 10.2 Å². The Hall–Kier alpha value is -3.41. The van der Waals surface area contributed by atoms with Gasteiger partial charge in [-0.05, 0) is 35.9 Å². The largest absolute Gasteiger partial charge is 0.485 e. The molecule has 2 aromatic carbocycles. The van der Waals surface area contributed by atoms with Crippen molar-refractivity contribution in [3.8, 4) is 17.2 Å². The molecule has 3 aromatic rings. The van der Waals surface area contributed by atoms with Crippen LogP contribution in [0.25, 0.3) is 11.5 Å². The van der Waals surface area contributed by atoms with Gasteiger partial charge in [-0.3, -0.25) is 4.79 Å². The van der Waals surface area contributed by atoms with E-state index in [1.165, 1.54) is 12.0 Å². The number of anilines is 1. The van der Waals surface area contributed by atoms with Crippen molar-refractivity contribution in [1.29, 1.82) is 0 Å². The quantitative estimate of drug-likeness (QED) is 0.628. The Kier molecular flexibility index (Phi) is 4.47. The number of rotatable bonds is 5. The fraction of sp³-hybridized carbons (Fsp3) is 0.227. The average Bonchev–Trinajstić information content (AvgIpc) is 3.30. The Labute approximate surface area is 163 Å². The maximum absolute atomic E-state index is 12.5. The number of ketones is 1. The molecule has 28 heavy (non-hydrogen) atoms. The van der Waals surface area contributed by atoms with Crippen LogP contribution in [0.5, 0.6) is 5.75 Å². The van der Waals surface area contributed by atoms with Gasteiger partial charge in [-0.25, -0.2) is 0 Å². The number of para-hydroxylation sites is 1. The number of carbonyl (C=O) groups is 1. The van der Waals surface area contributed by atoms with E-state index in [-0.39, 0.29) is 17.8 Å². The minimum Gasteiger partial charge on any atom is -0.485 e. The van der Waals surface area contributed by atoms with Gasteiger partial charge in [0.15, 0.2) is 12.4 Å². The number of benzene rings is 2.